The van der Waals surface area contributed by atoms with Crippen LogP contribution in [0.15, 0.2) is 36.4 Å². The van der Waals surface area contributed by atoms with Crippen molar-refractivity contribution in [1.82, 2.24) is 15.5 Å². The van der Waals surface area contributed by atoms with Crippen LogP contribution < -0.4 is 10.1 Å². The molecule has 1 aliphatic heterocycles. The first-order valence-corrected chi connectivity index (χ1v) is 9.42. The number of rotatable bonds is 4. The van der Waals surface area contributed by atoms with Crippen LogP contribution in [0.2, 0.25) is 5.02 Å². The number of aromatic nitrogens is 2. The fourth-order valence-electron chi connectivity index (χ4n) is 2.87. The van der Waals surface area contributed by atoms with Gasteiger partial charge in [0.1, 0.15) is 15.8 Å². The van der Waals surface area contributed by atoms with Gasteiger partial charge in [-0.25, -0.2) is 0 Å². The van der Waals surface area contributed by atoms with E-state index in [1.165, 1.54) is 11.1 Å². The van der Waals surface area contributed by atoms with Crippen LogP contribution in [0.5, 0.6) is 5.75 Å². The summed E-state index contributed by atoms with van der Waals surface area (Å²) in [5.41, 5.74) is 4.76. The summed E-state index contributed by atoms with van der Waals surface area (Å²) >= 11 is 7.91. The topological polar surface area (TPSA) is 47.0 Å². The Morgan fingerprint density at radius 3 is 2.40 bits per heavy atom. The van der Waals surface area contributed by atoms with Crippen molar-refractivity contribution in [2.24, 2.45) is 0 Å². The van der Waals surface area contributed by atoms with Gasteiger partial charge in [-0.2, -0.15) is 0 Å². The average Bonchev–Trinajstić information content (AvgIpc) is 3.24. The Balaban J connectivity index is 1.62. The summed E-state index contributed by atoms with van der Waals surface area (Å²) in [6, 6.07) is 12.2. The maximum atomic E-state index is 6.34. The molecule has 2 aromatic carbocycles. The van der Waals surface area contributed by atoms with E-state index in [0.29, 0.717) is 10.8 Å². The molecule has 1 aromatic heterocycles. The quantitative estimate of drug-likeness (QED) is 0.707. The highest BCUT2D eigenvalue weighted by molar-refractivity contribution is 7.17. The third kappa shape index (κ3) is 3.40. The van der Waals surface area contributed by atoms with Crippen molar-refractivity contribution in [2.75, 3.05) is 0 Å². The Morgan fingerprint density at radius 2 is 1.68 bits per heavy atom. The van der Waals surface area contributed by atoms with Crippen molar-refractivity contribution >= 4 is 22.9 Å². The molecule has 0 amide bonds. The van der Waals surface area contributed by atoms with E-state index in [1.807, 2.05) is 32.0 Å². The predicted molar refractivity (Wildman–Crippen MR) is 102 cm³/mol. The van der Waals surface area contributed by atoms with Gasteiger partial charge in [0.25, 0.3) is 0 Å². The molecule has 3 aromatic rings. The van der Waals surface area contributed by atoms with Crippen molar-refractivity contribution in [3.8, 4) is 26.9 Å². The zero-order valence-electron chi connectivity index (χ0n) is 14.0. The molecule has 0 bridgehead atoms. The van der Waals surface area contributed by atoms with E-state index in [4.69, 9.17) is 16.3 Å². The molecule has 0 saturated heterocycles. The number of hydrogen-bond acceptors (Lipinski definition) is 5. The van der Waals surface area contributed by atoms with Crippen LogP contribution in [0.1, 0.15) is 25.0 Å². The van der Waals surface area contributed by atoms with Gasteiger partial charge in [-0.3, -0.25) is 0 Å². The molecule has 1 aliphatic rings. The standard InChI is InChI=1S/C19H18ClN3OS/c1-11(2)24-17-6-5-13(8-16(17)20)19-23-22-18(25-19)12-3-4-14-9-21-10-15(14)7-12/h3-8,11,21H,9-10H2,1-2H3. The Morgan fingerprint density at radius 1 is 1.00 bits per heavy atom. The van der Waals surface area contributed by atoms with Crippen LogP contribution in [0.4, 0.5) is 0 Å². The molecule has 0 atom stereocenters. The van der Waals surface area contributed by atoms with E-state index in [1.54, 1.807) is 11.3 Å². The number of fused-ring (bicyclic) bond motifs is 1. The number of nitrogens with zero attached hydrogens (tertiary/aromatic N) is 2. The van der Waals surface area contributed by atoms with E-state index in [0.717, 1.165) is 34.2 Å². The summed E-state index contributed by atoms with van der Waals surface area (Å²) in [5.74, 6) is 0.691. The summed E-state index contributed by atoms with van der Waals surface area (Å²) in [4.78, 5) is 0. The average molecular weight is 372 g/mol. The van der Waals surface area contributed by atoms with Crippen LogP contribution in [0.25, 0.3) is 21.1 Å². The van der Waals surface area contributed by atoms with Gasteiger partial charge in [0.15, 0.2) is 0 Å². The van der Waals surface area contributed by atoms with Crippen LogP contribution >= 0.6 is 22.9 Å². The summed E-state index contributed by atoms with van der Waals surface area (Å²) in [6.45, 7) is 5.82. The SMILES string of the molecule is CC(C)Oc1ccc(-c2nnc(-c3ccc4c(c3)CNC4)s2)cc1Cl. The van der Waals surface area contributed by atoms with E-state index in [2.05, 4.69) is 33.7 Å². The van der Waals surface area contributed by atoms with Crippen molar-refractivity contribution in [3.63, 3.8) is 0 Å². The molecule has 0 spiro atoms. The van der Waals surface area contributed by atoms with E-state index in [9.17, 15) is 0 Å². The van der Waals surface area contributed by atoms with Crippen LogP contribution in [-0.2, 0) is 13.1 Å². The largest absolute Gasteiger partial charge is 0.489 e. The number of hydrogen-bond donors (Lipinski definition) is 1. The molecule has 25 heavy (non-hydrogen) atoms. The van der Waals surface area contributed by atoms with E-state index >= 15 is 0 Å². The van der Waals surface area contributed by atoms with Gasteiger partial charge < -0.3 is 10.1 Å². The van der Waals surface area contributed by atoms with Crippen molar-refractivity contribution in [2.45, 2.75) is 33.0 Å². The van der Waals surface area contributed by atoms with Crippen molar-refractivity contribution in [3.05, 3.63) is 52.5 Å². The lowest BCUT2D eigenvalue weighted by Gasteiger charge is -2.11. The summed E-state index contributed by atoms with van der Waals surface area (Å²) in [7, 11) is 0. The molecule has 0 fully saturated rings. The highest BCUT2D eigenvalue weighted by atomic mass is 35.5. The Kier molecular flexibility index (Phi) is 4.46. The van der Waals surface area contributed by atoms with Crippen LogP contribution in [0, 0.1) is 0 Å². The molecule has 0 radical (unpaired) electrons. The second-order valence-electron chi connectivity index (χ2n) is 6.31. The van der Waals surface area contributed by atoms with Crippen molar-refractivity contribution in [1.29, 1.82) is 0 Å². The van der Waals surface area contributed by atoms with Crippen LogP contribution in [0.3, 0.4) is 0 Å². The molecule has 128 valence electrons. The molecular formula is C19H18ClN3OS. The molecule has 4 nitrogen and oxygen atoms in total. The zero-order chi connectivity index (χ0) is 17.4. The first kappa shape index (κ1) is 16.5. The molecule has 6 heteroatoms. The van der Waals surface area contributed by atoms with Gasteiger partial charge in [0.2, 0.25) is 0 Å². The Hall–Kier alpha value is -1.95. The third-order valence-electron chi connectivity index (χ3n) is 4.05. The lowest BCUT2D eigenvalue weighted by Crippen LogP contribution is -2.05. The number of benzene rings is 2. The summed E-state index contributed by atoms with van der Waals surface area (Å²) < 4.78 is 5.68. The molecule has 0 saturated carbocycles. The Labute approximate surface area is 155 Å². The second kappa shape index (κ2) is 6.75. The lowest BCUT2D eigenvalue weighted by molar-refractivity contribution is 0.242. The summed E-state index contributed by atoms with van der Waals surface area (Å²) in [5, 5.41) is 14.4. The van der Waals surface area contributed by atoms with Gasteiger partial charge in [0.05, 0.1) is 11.1 Å². The van der Waals surface area contributed by atoms with Gasteiger partial charge >= 0.3 is 0 Å². The maximum absolute atomic E-state index is 6.34. The molecule has 0 unspecified atom stereocenters. The van der Waals surface area contributed by atoms with Gasteiger partial charge in [-0.15, -0.1) is 10.2 Å². The highest BCUT2D eigenvalue weighted by Crippen LogP contribution is 2.35. The lowest BCUT2D eigenvalue weighted by atomic mass is 10.1. The fourth-order valence-corrected chi connectivity index (χ4v) is 3.93. The van der Waals surface area contributed by atoms with E-state index < -0.39 is 0 Å². The molecule has 2 heterocycles. The molecule has 1 N–H and O–H groups in total. The minimum Gasteiger partial charge on any atom is -0.489 e. The van der Waals surface area contributed by atoms with Gasteiger partial charge in [-0.05, 0) is 49.2 Å². The van der Waals surface area contributed by atoms with Crippen molar-refractivity contribution < 1.29 is 4.74 Å². The van der Waals surface area contributed by atoms with Crippen LogP contribution in [-0.4, -0.2) is 16.3 Å². The monoisotopic (exact) mass is 371 g/mol. The zero-order valence-corrected chi connectivity index (χ0v) is 15.6. The summed E-state index contributed by atoms with van der Waals surface area (Å²) in [6.07, 6.45) is 0.0887. The maximum Gasteiger partial charge on any atom is 0.148 e. The third-order valence-corrected chi connectivity index (χ3v) is 5.37. The minimum absolute atomic E-state index is 0.0887. The molecule has 0 aliphatic carbocycles. The smallest absolute Gasteiger partial charge is 0.148 e. The second-order valence-corrected chi connectivity index (χ2v) is 7.70. The first-order chi connectivity index (χ1) is 12.1. The van der Waals surface area contributed by atoms with Gasteiger partial charge in [0, 0.05) is 24.2 Å². The van der Waals surface area contributed by atoms with E-state index in [-0.39, 0.29) is 6.10 Å². The fraction of sp³-hybridized carbons (Fsp3) is 0.263. The van der Waals surface area contributed by atoms with Gasteiger partial charge in [-0.1, -0.05) is 35.1 Å². The number of halogens is 1. The minimum atomic E-state index is 0.0887. The Bertz CT molecular complexity index is 923. The highest BCUT2D eigenvalue weighted by Gasteiger charge is 2.15. The number of nitrogens with one attached hydrogen (secondary N) is 1. The predicted octanol–water partition coefficient (Wildman–Crippen LogP) is 4.92. The number of ether oxygens (including phenoxy) is 1. The molecular weight excluding hydrogens is 354 g/mol. The first-order valence-electron chi connectivity index (χ1n) is 8.23. The normalized spacial score (nSPS) is 13.3. The molecule has 4 rings (SSSR count).